The second-order valence-corrected chi connectivity index (χ2v) is 3.19. The number of aromatic amines is 1. The summed E-state index contributed by atoms with van der Waals surface area (Å²) in [5, 5.41) is 0.266. The molecule has 1 N–H and O–H groups in total. The maximum atomic E-state index is 12.4. The Morgan fingerprint density at radius 2 is 2.23 bits per heavy atom. The lowest BCUT2D eigenvalue weighted by Crippen LogP contribution is -2.16. The normalized spacial score (nSPS) is 10.8. The van der Waals surface area contributed by atoms with Gasteiger partial charge in [-0.25, -0.2) is 8.78 Å². The van der Waals surface area contributed by atoms with Crippen LogP contribution in [-0.2, 0) is 5.33 Å². The molecule has 1 rings (SSSR count). The summed E-state index contributed by atoms with van der Waals surface area (Å²) < 4.78 is 24.8. The molecule has 0 radical (unpaired) electrons. The first-order valence-corrected chi connectivity index (χ1v) is 4.75. The predicted molar refractivity (Wildman–Crippen MR) is 49.4 cm³/mol. The van der Waals surface area contributed by atoms with Gasteiger partial charge in [0.2, 0.25) is 0 Å². The zero-order chi connectivity index (χ0) is 10.0. The van der Waals surface area contributed by atoms with Crippen LogP contribution in [0.4, 0.5) is 8.78 Å². The fraction of sp³-hybridized carbons (Fsp3) is 0.375. The van der Waals surface area contributed by atoms with Gasteiger partial charge in [-0.15, -0.1) is 0 Å². The minimum Gasteiger partial charge on any atom is -0.328 e. The van der Waals surface area contributed by atoms with E-state index in [2.05, 4.69) is 20.9 Å². The fourth-order valence-electron chi connectivity index (χ4n) is 1.10. The second kappa shape index (κ2) is 4.00. The largest absolute Gasteiger partial charge is 0.328 e. The molecule has 1 aromatic heterocycles. The molecule has 1 heterocycles. The van der Waals surface area contributed by atoms with Crippen LogP contribution in [0.25, 0.3) is 0 Å². The van der Waals surface area contributed by atoms with E-state index in [4.69, 9.17) is 0 Å². The van der Waals surface area contributed by atoms with Crippen LogP contribution in [0.15, 0.2) is 11.0 Å². The van der Waals surface area contributed by atoms with Crippen LogP contribution in [0.3, 0.4) is 0 Å². The van der Waals surface area contributed by atoms with Crippen molar-refractivity contribution in [2.45, 2.75) is 18.7 Å². The summed E-state index contributed by atoms with van der Waals surface area (Å²) >= 11 is 3.08. The van der Waals surface area contributed by atoms with Gasteiger partial charge in [-0.3, -0.25) is 4.79 Å². The number of nitrogens with one attached hydrogen (secondary N) is 1. The van der Waals surface area contributed by atoms with Crippen molar-refractivity contribution in [2.75, 3.05) is 0 Å². The fourth-order valence-corrected chi connectivity index (χ4v) is 1.84. The number of H-pyrrole nitrogens is 1. The molecule has 0 unspecified atom stereocenters. The maximum absolute atomic E-state index is 12.4. The van der Waals surface area contributed by atoms with Crippen molar-refractivity contribution in [2.24, 2.45) is 0 Å². The molecular formula is C8H8BrF2NO. The zero-order valence-corrected chi connectivity index (χ0v) is 8.49. The Morgan fingerprint density at radius 1 is 1.62 bits per heavy atom. The number of alkyl halides is 3. The molecule has 0 aliphatic heterocycles. The minimum atomic E-state index is -2.73. The summed E-state index contributed by atoms with van der Waals surface area (Å²) in [5.74, 6) is 0. The molecule has 0 atom stereocenters. The number of hydrogen-bond acceptors (Lipinski definition) is 1. The van der Waals surface area contributed by atoms with Gasteiger partial charge in [0.05, 0.1) is 5.56 Å². The lowest BCUT2D eigenvalue weighted by atomic mass is 10.1. The molecule has 0 aliphatic rings. The number of aryl methyl sites for hydroxylation is 1. The first kappa shape index (κ1) is 10.4. The first-order valence-electron chi connectivity index (χ1n) is 3.63. The van der Waals surface area contributed by atoms with Gasteiger partial charge in [-0.05, 0) is 18.1 Å². The predicted octanol–water partition coefficient (Wildman–Crippen LogP) is 2.52. The van der Waals surface area contributed by atoms with E-state index in [-0.39, 0.29) is 5.33 Å². The quantitative estimate of drug-likeness (QED) is 0.806. The average molecular weight is 252 g/mol. The van der Waals surface area contributed by atoms with Crippen LogP contribution in [0.5, 0.6) is 0 Å². The van der Waals surface area contributed by atoms with E-state index in [1.165, 1.54) is 6.20 Å². The van der Waals surface area contributed by atoms with E-state index < -0.39 is 17.5 Å². The summed E-state index contributed by atoms with van der Waals surface area (Å²) in [6.07, 6.45) is -1.29. The van der Waals surface area contributed by atoms with E-state index in [0.717, 1.165) is 0 Å². The number of halogens is 3. The third-order valence-electron chi connectivity index (χ3n) is 1.82. The summed E-state index contributed by atoms with van der Waals surface area (Å²) in [4.78, 5) is 13.3. The van der Waals surface area contributed by atoms with Crippen LogP contribution < -0.4 is 5.56 Å². The van der Waals surface area contributed by atoms with Gasteiger partial charge in [0.15, 0.2) is 0 Å². The number of aromatic nitrogens is 1. The van der Waals surface area contributed by atoms with Crippen LogP contribution in [0.1, 0.15) is 23.1 Å². The van der Waals surface area contributed by atoms with Gasteiger partial charge in [-0.2, -0.15) is 0 Å². The number of pyridine rings is 1. The molecule has 0 bridgehead atoms. The van der Waals surface area contributed by atoms with Gasteiger partial charge in [0.25, 0.3) is 12.0 Å². The first-order chi connectivity index (χ1) is 6.07. The summed E-state index contributed by atoms with van der Waals surface area (Å²) in [5.41, 5.74) is -0.113. The van der Waals surface area contributed by atoms with Crippen molar-refractivity contribution < 1.29 is 8.78 Å². The standard InChI is InChI=1S/C8H8BrF2NO/c1-4-3-12-8(13)6(7(10)11)5(4)2-9/h3,7H,2H2,1H3,(H,12,13). The Hall–Kier alpha value is -0.710. The van der Waals surface area contributed by atoms with E-state index in [1.807, 2.05) is 0 Å². The van der Waals surface area contributed by atoms with Gasteiger partial charge in [-0.1, -0.05) is 15.9 Å². The lowest BCUT2D eigenvalue weighted by Gasteiger charge is -2.07. The van der Waals surface area contributed by atoms with E-state index in [0.29, 0.717) is 11.1 Å². The van der Waals surface area contributed by atoms with E-state index >= 15 is 0 Å². The molecule has 72 valence electrons. The summed E-state index contributed by atoms with van der Waals surface area (Å²) in [6, 6.07) is 0. The monoisotopic (exact) mass is 251 g/mol. The second-order valence-electron chi connectivity index (χ2n) is 2.63. The number of rotatable bonds is 2. The van der Waals surface area contributed by atoms with Gasteiger partial charge < -0.3 is 4.98 Å². The minimum absolute atomic E-state index is 0.266. The van der Waals surface area contributed by atoms with Crippen molar-refractivity contribution >= 4 is 15.9 Å². The Kier molecular flexibility index (Phi) is 3.19. The van der Waals surface area contributed by atoms with Crippen LogP contribution in [0, 0.1) is 6.92 Å². The number of hydrogen-bond donors (Lipinski definition) is 1. The van der Waals surface area contributed by atoms with Gasteiger partial charge in [0.1, 0.15) is 0 Å². The highest BCUT2D eigenvalue weighted by atomic mass is 79.9. The van der Waals surface area contributed by atoms with Gasteiger partial charge in [0, 0.05) is 11.5 Å². The van der Waals surface area contributed by atoms with E-state index in [9.17, 15) is 13.6 Å². The molecule has 0 spiro atoms. The Labute approximate surface area is 82.1 Å². The van der Waals surface area contributed by atoms with E-state index in [1.54, 1.807) is 6.92 Å². The molecule has 1 aromatic rings. The van der Waals surface area contributed by atoms with Crippen molar-refractivity contribution in [3.8, 4) is 0 Å². The molecule has 13 heavy (non-hydrogen) atoms. The SMILES string of the molecule is Cc1c[nH]c(=O)c(C(F)F)c1CBr. The highest BCUT2D eigenvalue weighted by Crippen LogP contribution is 2.22. The molecule has 5 heteroatoms. The highest BCUT2D eigenvalue weighted by molar-refractivity contribution is 9.08. The molecule has 0 saturated carbocycles. The smallest absolute Gasteiger partial charge is 0.269 e. The van der Waals surface area contributed by atoms with Crippen molar-refractivity contribution in [3.63, 3.8) is 0 Å². The van der Waals surface area contributed by atoms with Crippen LogP contribution in [0.2, 0.25) is 0 Å². The zero-order valence-electron chi connectivity index (χ0n) is 6.90. The molecule has 0 aromatic carbocycles. The Balaban J connectivity index is 3.44. The highest BCUT2D eigenvalue weighted by Gasteiger charge is 2.18. The maximum Gasteiger partial charge on any atom is 0.269 e. The molecule has 2 nitrogen and oxygen atoms in total. The van der Waals surface area contributed by atoms with Crippen LogP contribution >= 0.6 is 15.9 Å². The Morgan fingerprint density at radius 3 is 2.62 bits per heavy atom. The summed E-state index contributed by atoms with van der Waals surface area (Å²) in [6.45, 7) is 1.68. The van der Waals surface area contributed by atoms with Crippen molar-refractivity contribution in [3.05, 3.63) is 33.2 Å². The third kappa shape index (κ3) is 1.96. The van der Waals surface area contributed by atoms with Crippen LogP contribution in [-0.4, -0.2) is 4.98 Å². The molecule has 0 amide bonds. The van der Waals surface area contributed by atoms with Crippen molar-refractivity contribution in [1.29, 1.82) is 0 Å². The molecular weight excluding hydrogens is 244 g/mol. The molecule has 0 aliphatic carbocycles. The molecule has 0 saturated heterocycles. The van der Waals surface area contributed by atoms with Gasteiger partial charge >= 0.3 is 0 Å². The lowest BCUT2D eigenvalue weighted by molar-refractivity contribution is 0.148. The topological polar surface area (TPSA) is 32.9 Å². The average Bonchev–Trinajstić information content (AvgIpc) is 2.07. The third-order valence-corrected chi connectivity index (χ3v) is 2.38. The Bertz CT molecular complexity index is 362. The molecule has 0 fully saturated rings. The summed E-state index contributed by atoms with van der Waals surface area (Å²) in [7, 11) is 0. The van der Waals surface area contributed by atoms with Crippen molar-refractivity contribution in [1.82, 2.24) is 4.98 Å².